The first-order valence-corrected chi connectivity index (χ1v) is 15.6. The molecule has 2 N–H and O–H groups in total. The molecule has 2 fully saturated rings. The standard InChI is InChI=1S/C28H32F3N7O4S/c1-26(2)16-18-8-13-32-20-4-3-5-23(33-20)43(40,41)36-25(39)19-6-7-21(34-24(19)37(26)17-18)38-14-9-22(35-38)42-15-12-27(10-11-27)28(29,30)31/h3-7,9,14,18H,8,10-13,15-17H2,1-2H3,(H,32,33)(H,36,39)/t18-/m1/s1. The number of nitrogens with zero attached hydrogens (tertiary/aromatic N) is 5. The quantitative estimate of drug-likeness (QED) is 0.429. The molecule has 0 spiro atoms. The van der Waals surface area contributed by atoms with Crippen molar-refractivity contribution in [3.8, 4) is 11.7 Å². The summed E-state index contributed by atoms with van der Waals surface area (Å²) in [5, 5.41) is 7.22. The van der Waals surface area contributed by atoms with E-state index >= 15 is 0 Å². The van der Waals surface area contributed by atoms with E-state index in [1.807, 2.05) is 18.7 Å². The number of hydrogen-bond acceptors (Lipinski definition) is 9. The summed E-state index contributed by atoms with van der Waals surface area (Å²) in [4.78, 5) is 24.4. The molecule has 0 aromatic carbocycles. The maximum atomic E-state index is 13.5. The van der Waals surface area contributed by atoms with Gasteiger partial charge in [-0.15, -0.1) is 5.10 Å². The fourth-order valence-electron chi connectivity index (χ4n) is 5.89. The van der Waals surface area contributed by atoms with Crippen molar-refractivity contribution < 1.29 is 31.1 Å². The highest BCUT2D eigenvalue weighted by Gasteiger charge is 2.62. The van der Waals surface area contributed by atoms with Crippen molar-refractivity contribution in [3.05, 3.63) is 48.2 Å². The molecule has 2 aliphatic heterocycles. The Balaban J connectivity index is 1.30. The molecule has 6 rings (SSSR count). The number of carbonyl (C=O) groups is 1. The Kier molecular flexibility index (Phi) is 7.05. The molecule has 0 radical (unpaired) electrons. The number of carbonyl (C=O) groups excluding carboxylic acids is 1. The first-order valence-electron chi connectivity index (χ1n) is 14.1. The Hall–Kier alpha value is -3.88. The third-order valence-corrected chi connectivity index (χ3v) is 9.72. The monoisotopic (exact) mass is 619 g/mol. The first-order chi connectivity index (χ1) is 20.3. The molecule has 3 aromatic heterocycles. The zero-order valence-corrected chi connectivity index (χ0v) is 24.5. The molecule has 1 aliphatic carbocycles. The van der Waals surface area contributed by atoms with Crippen LogP contribution in [0.3, 0.4) is 0 Å². The van der Waals surface area contributed by atoms with Crippen molar-refractivity contribution in [2.45, 2.75) is 62.7 Å². The van der Waals surface area contributed by atoms with Gasteiger partial charge in [-0.3, -0.25) is 4.79 Å². The van der Waals surface area contributed by atoms with Gasteiger partial charge in [-0.25, -0.2) is 19.4 Å². The normalized spacial score (nSPS) is 22.1. The van der Waals surface area contributed by atoms with E-state index < -0.39 is 33.1 Å². The lowest BCUT2D eigenvalue weighted by Crippen LogP contribution is -2.41. The van der Waals surface area contributed by atoms with Crippen molar-refractivity contribution in [1.29, 1.82) is 0 Å². The minimum atomic E-state index is -4.29. The number of amides is 1. The van der Waals surface area contributed by atoms with E-state index in [1.54, 1.807) is 18.3 Å². The van der Waals surface area contributed by atoms with E-state index in [1.165, 1.54) is 28.9 Å². The third kappa shape index (κ3) is 5.74. The van der Waals surface area contributed by atoms with Crippen LogP contribution in [0.5, 0.6) is 5.88 Å². The molecule has 4 bridgehead atoms. The molecule has 3 aromatic rings. The van der Waals surface area contributed by atoms with E-state index in [9.17, 15) is 26.4 Å². The number of rotatable bonds is 5. The van der Waals surface area contributed by atoms with E-state index in [0.717, 1.165) is 12.8 Å². The molecule has 43 heavy (non-hydrogen) atoms. The highest BCUT2D eigenvalue weighted by Crippen LogP contribution is 2.59. The maximum absolute atomic E-state index is 13.5. The summed E-state index contributed by atoms with van der Waals surface area (Å²) in [5.41, 5.74) is -2.00. The summed E-state index contributed by atoms with van der Waals surface area (Å²) in [5.74, 6) is 0.581. The van der Waals surface area contributed by atoms with Gasteiger partial charge < -0.3 is 15.0 Å². The van der Waals surface area contributed by atoms with Gasteiger partial charge in [0.1, 0.15) is 11.6 Å². The van der Waals surface area contributed by atoms with Gasteiger partial charge in [-0.1, -0.05) is 6.07 Å². The zero-order chi connectivity index (χ0) is 30.6. The summed E-state index contributed by atoms with van der Waals surface area (Å²) < 4.78 is 75.0. The Morgan fingerprint density at radius 1 is 1.12 bits per heavy atom. The van der Waals surface area contributed by atoms with Gasteiger partial charge in [-0.05, 0) is 76.1 Å². The van der Waals surface area contributed by atoms with Gasteiger partial charge in [0.05, 0.1) is 17.6 Å². The van der Waals surface area contributed by atoms with E-state index in [2.05, 4.69) is 20.1 Å². The first kappa shape index (κ1) is 29.2. The number of fused-ring (bicyclic) bond motifs is 6. The topological polar surface area (TPSA) is 131 Å². The molecule has 5 heterocycles. The molecule has 1 amide bonds. The molecule has 3 aliphatic rings. The molecule has 11 nitrogen and oxygen atoms in total. The van der Waals surface area contributed by atoms with Crippen LogP contribution in [0, 0.1) is 11.3 Å². The highest BCUT2D eigenvalue weighted by molar-refractivity contribution is 7.90. The Labute approximate surface area is 246 Å². The van der Waals surface area contributed by atoms with E-state index in [4.69, 9.17) is 9.72 Å². The van der Waals surface area contributed by atoms with Crippen molar-refractivity contribution >= 4 is 27.6 Å². The molecule has 15 heteroatoms. The second-order valence-corrected chi connectivity index (χ2v) is 13.6. The number of halogens is 3. The van der Waals surface area contributed by atoms with Crippen molar-refractivity contribution in [2.75, 3.05) is 29.9 Å². The summed E-state index contributed by atoms with van der Waals surface area (Å²) in [6.45, 7) is 5.13. The van der Waals surface area contributed by atoms with Gasteiger partial charge in [0.2, 0.25) is 5.88 Å². The molecule has 1 atom stereocenters. The van der Waals surface area contributed by atoms with Gasteiger partial charge in [0, 0.05) is 30.9 Å². The zero-order valence-electron chi connectivity index (χ0n) is 23.7. The predicted octanol–water partition coefficient (Wildman–Crippen LogP) is 4.31. The molecule has 0 unspecified atom stereocenters. The summed E-state index contributed by atoms with van der Waals surface area (Å²) in [6, 6.07) is 9.10. The number of alkyl halides is 3. The summed E-state index contributed by atoms with van der Waals surface area (Å²) in [7, 11) is -4.29. The number of ether oxygens (including phenoxy) is 1. The second kappa shape index (κ2) is 10.4. The van der Waals surface area contributed by atoms with E-state index in [0.29, 0.717) is 30.5 Å². The van der Waals surface area contributed by atoms with Crippen molar-refractivity contribution in [2.24, 2.45) is 11.3 Å². The largest absolute Gasteiger partial charge is 0.477 e. The second-order valence-electron chi connectivity index (χ2n) is 12.0. The summed E-state index contributed by atoms with van der Waals surface area (Å²) >= 11 is 0. The highest BCUT2D eigenvalue weighted by atomic mass is 32.2. The smallest absolute Gasteiger partial charge is 0.394 e. The number of aromatic nitrogens is 4. The fourth-order valence-corrected chi connectivity index (χ4v) is 6.82. The average Bonchev–Trinajstić information content (AvgIpc) is 3.49. The maximum Gasteiger partial charge on any atom is 0.394 e. The SMILES string of the molecule is CC1(C)C[C@H]2CCNc3cccc(n3)S(=O)(=O)NC(=O)c3ccc(-n4ccc(OCCC5(C(F)(F)F)CC5)n4)nc3N1C2. The van der Waals surface area contributed by atoms with Gasteiger partial charge in [-0.2, -0.15) is 21.6 Å². The molecule has 1 saturated carbocycles. The Morgan fingerprint density at radius 3 is 2.65 bits per heavy atom. The van der Waals surface area contributed by atoms with Crippen molar-refractivity contribution in [3.63, 3.8) is 0 Å². The lowest BCUT2D eigenvalue weighted by molar-refractivity contribution is -0.190. The van der Waals surface area contributed by atoms with Crippen LogP contribution in [0.4, 0.5) is 24.8 Å². The third-order valence-electron chi connectivity index (χ3n) is 8.49. The van der Waals surface area contributed by atoms with Gasteiger partial charge in [0.25, 0.3) is 15.9 Å². The Morgan fingerprint density at radius 2 is 1.91 bits per heavy atom. The molecular weight excluding hydrogens is 587 g/mol. The molecule has 1 saturated heterocycles. The van der Waals surface area contributed by atoms with Gasteiger partial charge >= 0.3 is 6.18 Å². The van der Waals surface area contributed by atoms with Crippen molar-refractivity contribution in [1.82, 2.24) is 24.5 Å². The summed E-state index contributed by atoms with van der Waals surface area (Å²) in [6.07, 6.45) is -1.01. The van der Waals surface area contributed by atoms with Crippen LogP contribution in [0.2, 0.25) is 0 Å². The Bertz CT molecular complexity index is 1650. The van der Waals surface area contributed by atoms with E-state index in [-0.39, 0.29) is 48.3 Å². The van der Waals surface area contributed by atoms with Crippen LogP contribution in [-0.4, -0.2) is 65.5 Å². The molecule has 230 valence electrons. The van der Waals surface area contributed by atoms with Crippen LogP contribution in [0.15, 0.2) is 47.6 Å². The predicted molar refractivity (Wildman–Crippen MR) is 151 cm³/mol. The number of nitrogens with one attached hydrogen (secondary N) is 2. The lowest BCUT2D eigenvalue weighted by Gasteiger charge is -2.34. The van der Waals surface area contributed by atoms with Crippen LogP contribution in [0.1, 0.15) is 56.3 Å². The molecular formula is C28H32F3N7O4S. The van der Waals surface area contributed by atoms with Crippen LogP contribution in [0.25, 0.3) is 5.82 Å². The minimum absolute atomic E-state index is 0.0675. The minimum Gasteiger partial charge on any atom is -0.477 e. The number of pyridine rings is 2. The number of hydrogen-bond donors (Lipinski definition) is 2. The fraction of sp³-hybridized carbons (Fsp3) is 0.500. The van der Waals surface area contributed by atoms with Crippen LogP contribution in [-0.2, 0) is 10.0 Å². The van der Waals surface area contributed by atoms with Gasteiger partial charge in [0.15, 0.2) is 10.8 Å². The average molecular weight is 620 g/mol. The van der Waals surface area contributed by atoms with Crippen LogP contribution >= 0.6 is 0 Å². The number of sulfonamides is 1. The lowest BCUT2D eigenvalue weighted by atomic mass is 9.94. The van der Waals surface area contributed by atoms with Crippen LogP contribution < -0.4 is 19.7 Å². The number of anilines is 2.